The molecule has 0 atom stereocenters. The summed E-state index contributed by atoms with van der Waals surface area (Å²) in [5, 5.41) is 9.16. The van der Waals surface area contributed by atoms with Crippen LogP contribution in [-0.2, 0) is 11.3 Å². The zero-order valence-corrected chi connectivity index (χ0v) is 21.9. The van der Waals surface area contributed by atoms with Crippen molar-refractivity contribution in [1.82, 2.24) is 20.9 Å². The Morgan fingerprint density at radius 2 is 1.87 bits per heavy atom. The number of hydrogen-bond donors (Lipinski definition) is 3. The highest BCUT2D eigenvalue weighted by Gasteiger charge is 2.17. The molecule has 31 heavy (non-hydrogen) atoms. The van der Waals surface area contributed by atoms with Gasteiger partial charge in [-0.25, -0.2) is 14.8 Å². The van der Waals surface area contributed by atoms with E-state index in [4.69, 9.17) is 4.74 Å². The largest absolute Gasteiger partial charge is 0.444 e. The summed E-state index contributed by atoms with van der Waals surface area (Å²) in [6, 6.07) is 4.18. The summed E-state index contributed by atoms with van der Waals surface area (Å²) < 4.78 is 5.22. The summed E-state index contributed by atoms with van der Waals surface area (Å²) in [4.78, 5) is 23.3. The van der Waals surface area contributed by atoms with Crippen molar-refractivity contribution in [3.8, 4) is 0 Å². The average Bonchev–Trinajstić information content (AvgIpc) is 2.69. The number of ether oxygens (including phenoxy) is 1. The van der Waals surface area contributed by atoms with Crippen LogP contribution in [0.5, 0.6) is 0 Å². The van der Waals surface area contributed by atoms with Crippen LogP contribution in [-0.4, -0.2) is 55.4 Å². The van der Waals surface area contributed by atoms with Crippen molar-refractivity contribution in [2.24, 2.45) is 10.9 Å². The molecule has 8 nitrogen and oxygen atoms in total. The molecule has 2 rings (SSSR count). The van der Waals surface area contributed by atoms with E-state index in [1.54, 1.807) is 0 Å². The third-order valence-electron chi connectivity index (χ3n) is 4.77. The molecule has 1 fully saturated rings. The van der Waals surface area contributed by atoms with Gasteiger partial charge in [-0.05, 0) is 58.1 Å². The van der Waals surface area contributed by atoms with Crippen molar-refractivity contribution in [3.05, 3.63) is 23.9 Å². The molecule has 0 bridgehead atoms. The molecule has 1 aromatic heterocycles. The summed E-state index contributed by atoms with van der Waals surface area (Å²) in [5.74, 6) is 2.57. The number of nitrogens with zero attached hydrogens (tertiary/aromatic N) is 3. The Hall–Kier alpha value is -1.78. The lowest BCUT2D eigenvalue weighted by Crippen LogP contribution is -2.42. The molecular weight excluding hydrogens is 507 g/mol. The van der Waals surface area contributed by atoms with Crippen LogP contribution in [0.4, 0.5) is 10.6 Å². The summed E-state index contributed by atoms with van der Waals surface area (Å²) in [6.45, 7) is 14.3. The molecule has 2 heterocycles. The number of pyridine rings is 1. The predicted octanol–water partition coefficient (Wildman–Crippen LogP) is 3.52. The fourth-order valence-corrected chi connectivity index (χ4v) is 3.11. The lowest BCUT2D eigenvalue weighted by atomic mass is 9.99. The minimum Gasteiger partial charge on any atom is -0.444 e. The lowest BCUT2D eigenvalue weighted by Gasteiger charge is -2.31. The Kier molecular flexibility index (Phi) is 12.0. The molecule has 1 aliphatic heterocycles. The number of nitrogens with one attached hydrogen (secondary N) is 3. The molecule has 0 aliphatic carbocycles. The van der Waals surface area contributed by atoms with Crippen molar-refractivity contribution in [1.29, 1.82) is 0 Å². The van der Waals surface area contributed by atoms with Crippen molar-refractivity contribution < 1.29 is 9.53 Å². The number of anilines is 1. The van der Waals surface area contributed by atoms with Crippen LogP contribution in [0.3, 0.4) is 0 Å². The number of carbonyl (C=O) groups is 1. The van der Waals surface area contributed by atoms with Crippen molar-refractivity contribution in [2.75, 3.05) is 37.6 Å². The van der Waals surface area contributed by atoms with Crippen molar-refractivity contribution in [2.45, 2.75) is 59.6 Å². The quantitative estimate of drug-likeness (QED) is 0.210. The van der Waals surface area contributed by atoms with Gasteiger partial charge in [-0.2, -0.15) is 0 Å². The first-order chi connectivity index (χ1) is 14.3. The number of halogens is 1. The van der Waals surface area contributed by atoms with Crippen LogP contribution < -0.4 is 20.9 Å². The van der Waals surface area contributed by atoms with E-state index >= 15 is 0 Å². The second-order valence-corrected chi connectivity index (χ2v) is 8.74. The van der Waals surface area contributed by atoms with Gasteiger partial charge in [0, 0.05) is 38.9 Å². The van der Waals surface area contributed by atoms with Gasteiger partial charge in [0.1, 0.15) is 11.4 Å². The van der Waals surface area contributed by atoms with Crippen LogP contribution in [0.2, 0.25) is 0 Å². The smallest absolute Gasteiger partial charge is 0.407 e. The van der Waals surface area contributed by atoms with E-state index in [1.165, 1.54) is 12.8 Å². The second kappa shape index (κ2) is 13.6. The Balaban J connectivity index is 0.00000480. The van der Waals surface area contributed by atoms with E-state index in [1.807, 2.05) is 33.9 Å². The SMILES string of the molecule is CCNC(=NCc1ccc(N2CCC(C)CC2)nc1)NCCNC(=O)OC(C)(C)C.I. The van der Waals surface area contributed by atoms with Gasteiger partial charge in [-0.3, -0.25) is 0 Å². The van der Waals surface area contributed by atoms with Gasteiger partial charge in [-0.15, -0.1) is 24.0 Å². The Morgan fingerprint density at radius 3 is 2.45 bits per heavy atom. The van der Waals surface area contributed by atoms with Crippen LogP contribution >= 0.6 is 24.0 Å². The number of alkyl carbamates (subject to hydrolysis) is 1. The molecule has 1 saturated heterocycles. The summed E-state index contributed by atoms with van der Waals surface area (Å²) in [7, 11) is 0. The highest BCUT2D eigenvalue weighted by molar-refractivity contribution is 14.0. The summed E-state index contributed by atoms with van der Waals surface area (Å²) in [5.41, 5.74) is 0.567. The zero-order chi connectivity index (χ0) is 22.0. The maximum absolute atomic E-state index is 11.7. The Labute approximate surface area is 204 Å². The minimum atomic E-state index is -0.496. The van der Waals surface area contributed by atoms with Gasteiger partial charge >= 0.3 is 6.09 Å². The Bertz CT molecular complexity index is 682. The highest BCUT2D eigenvalue weighted by Crippen LogP contribution is 2.21. The predicted molar refractivity (Wildman–Crippen MR) is 137 cm³/mol. The second-order valence-electron chi connectivity index (χ2n) is 8.74. The third-order valence-corrected chi connectivity index (χ3v) is 4.77. The number of aliphatic imine (C=N–C) groups is 1. The van der Waals surface area contributed by atoms with Crippen LogP contribution in [0, 0.1) is 5.92 Å². The van der Waals surface area contributed by atoms with E-state index in [0.717, 1.165) is 36.9 Å². The van der Waals surface area contributed by atoms with Crippen LogP contribution in [0.15, 0.2) is 23.3 Å². The van der Waals surface area contributed by atoms with Gasteiger partial charge in [0.25, 0.3) is 0 Å². The molecular formula is C22H39IN6O2. The van der Waals surface area contributed by atoms with Gasteiger partial charge in [0.2, 0.25) is 0 Å². The van der Waals surface area contributed by atoms with Gasteiger partial charge in [0.15, 0.2) is 5.96 Å². The van der Waals surface area contributed by atoms with Crippen LogP contribution in [0.1, 0.15) is 53.0 Å². The van der Waals surface area contributed by atoms with E-state index in [2.05, 4.69) is 49.9 Å². The fourth-order valence-electron chi connectivity index (χ4n) is 3.11. The Morgan fingerprint density at radius 1 is 1.19 bits per heavy atom. The fraction of sp³-hybridized carbons (Fsp3) is 0.682. The van der Waals surface area contributed by atoms with E-state index in [9.17, 15) is 4.79 Å². The number of hydrogen-bond acceptors (Lipinski definition) is 5. The zero-order valence-electron chi connectivity index (χ0n) is 19.5. The molecule has 0 spiro atoms. The number of guanidine groups is 1. The molecule has 0 saturated carbocycles. The standard InChI is InChI=1S/C22H38N6O2.HI/c1-6-23-20(24-11-12-25-21(29)30-22(3,4)5)27-16-18-7-8-19(26-15-18)28-13-9-17(2)10-14-28;/h7-8,15,17H,6,9-14,16H2,1-5H3,(H,25,29)(H2,23,24,27);1H. The molecule has 0 unspecified atom stereocenters. The molecule has 9 heteroatoms. The molecule has 0 radical (unpaired) electrons. The van der Waals surface area contributed by atoms with Crippen LogP contribution in [0.25, 0.3) is 0 Å². The minimum absolute atomic E-state index is 0. The number of amides is 1. The molecule has 1 amide bonds. The monoisotopic (exact) mass is 546 g/mol. The third kappa shape index (κ3) is 10.9. The molecule has 0 aromatic carbocycles. The number of piperidine rings is 1. The molecule has 176 valence electrons. The van der Waals surface area contributed by atoms with Gasteiger partial charge in [-0.1, -0.05) is 13.0 Å². The van der Waals surface area contributed by atoms with Crippen molar-refractivity contribution >= 4 is 41.8 Å². The normalized spacial score (nSPS) is 15.1. The van der Waals surface area contributed by atoms with Crippen molar-refractivity contribution in [3.63, 3.8) is 0 Å². The molecule has 1 aromatic rings. The van der Waals surface area contributed by atoms with E-state index < -0.39 is 11.7 Å². The first-order valence-electron chi connectivity index (χ1n) is 11.0. The summed E-state index contributed by atoms with van der Waals surface area (Å²) >= 11 is 0. The van der Waals surface area contributed by atoms with Gasteiger partial charge in [0.05, 0.1) is 6.54 Å². The summed E-state index contributed by atoms with van der Waals surface area (Å²) in [6.07, 6.45) is 3.95. The van der Waals surface area contributed by atoms with Gasteiger partial charge < -0.3 is 25.6 Å². The average molecular weight is 546 g/mol. The highest BCUT2D eigenvalue weighted by atomic mass is 127. The van der Waals surface area contributed by atoms with E-state index in [0.29, 0.717) is 25.6 Å². The number of carbonyl (C=O) groups excluding carboxylic acids is 1. The lowest BCUT2D eigenvalue weighted by molar-refractivity contribution is 0.0529. The maximum Gasteiger partial charge on any atom is 0.407 e. The number of aromatic nitrogens is 1. The van der Waals surface area contributed by atoms with E-state index in [-0.39, 0.29) is 24.0 Å². The molecule has 3 N–H and O–H groups in total. The topological polar surface area (TPSA) is 90.9 Å². The maximum atomic E-state index is 11.7. The first kappa shape index (κ1) is 27.3. The molecule has 1 aliphatic rings. The number of rotatable bonds is 7. The first-order valence-corrected chi connectivity index (χ1v) is 11.0.